The largest absolute Gasteiger partial charge is 0.497 e. The summed E-state index contributed by atoms with van der Waals surface area (Å²) in [5, 5.41) is 9.53. The zero-order valence-corrected chi connectivity index (χ0v) is 22.2. The molecule has 1 saturated carbocycles. The van der Waals surface area contributed by atoms with E-state index in [1.54, 1.807) is 26.2 Å². The topological polar surface area (TPSA) is 109 Å². The number of carbonyl (C=O) groups is 1. The van der Waals surface area contributed by atoms with Gasteiger partial charge in [0, 0.05) is 5.56 Å². The maximum absolute atomic E-state index is 11.1. The maximum Gasteiger partial charge on any atom is 0.306 e. The summed E-state index contributed by atoms with van der Waals surface area (Å²) in [5.41, 5.74) is 2.67. The lowest BCUT2D eigenvalue weighted by atomic mass is 10.1. The molecule has 0 saturated heterocycles. The van der Waals surface area contributed by atoms with Crippen LogP contribution in [0.3, 0.4) is 0 Å². The molecule has 1 aliphatic rings. The number of hydrogen-bond acceptors (Lipinski definition) is 7. The number of nitrogens with zero attached hydrogens (tertiary/aromatic N) is 4. The predicted molar refractivity (Wildman–Crippen MR) is 143 cm³/mol. The van der Waals surface area contributed by atoms with Gasteiger partial charge in [0.15, 0.2) is 11.2 Å². The van der Waals surface area contributed by atoms with E-state index in [0.29, 0.717) is 52.2 Å². The van der Waals surface area contributed by atoms with Gasteiger partial charge >= 0.3 is 5.97 Å². The molecule has 1 N–H and O–H groups in total. The fourth-order valence-electron chi connectivity index (χ4n) is 4.05. The van der Waals surface area contributed by atoms with Gasteiger partial charge in [0.1, 0.15) is 29.3 Å². The Bertz CT molecular complexity index is 1480. The van der Waals surface area contributed by atoms with Gasteiger partial charge in [-0.15, -0.1) is 0 Å². The van der Waals surface area contributed by atoms with Crippen molar-refractivity contribution in [2.24, 2.45) is 5.92 Å². The molecule has 2 aromatic carbocycles. The highest BCUT2D eigenvalue weighted by atomic mass is 35.5. The number of benzene rings is 2. The quantitative estimate of drug-likeness (QED) is 0.263. The molecular weight excluding hydrogens is 508 g/mol. The number of imidazole rings is 1. The van der Waals surface area contributed by atoms with Crippen molar-refractivity contribution in [3.8, 4) is 28.8 Å². The molecule has 0 amide bonds. The Kier molecular flexibility index (Phi) is 7.12. The van der Waals surface area contributed by atoms with Crippen LogP contribution in [0, 0.1) is 5.92 Å². The van der Waals surface area contributed by atoms with E-state index in [2.05, 4.69) is 16.9 Å². The van der Waals surface area contributed by atoms with Crippen molar-refractivity contribution >= 4 is 28.7 Å². The van der Waals surface area contributed by atoms with Gasteiger partial charge in [-0.1, -0.05) is 30.7 Å². The third-order valence-electron chi connectivity index (χ3n) is 6.69. The van der Waals surface area contributed by atoms with Gasteiger partial charge in [0.2, 0.25) is 5.88 Å². The molecule has 10 heteroatoms. The molecule has 2 heterocycles. The molecule has 1 fully saturated rings. The number of ether oxygens (including phenoxy) is 3. The minimum atomic E-state index is -0.848. The highest BCUT2D eigenvalue weighted by Crippen LogP contribution is 2.41. The van der Waals surface area contributed by atoms with Crippen molar-refractivity contribution in [3.63, 3.8) is 0 Å². The van der Waals surface area contributed by atoms with Crippen molar-refractivity contribution < 1.29 is 24.1 Å². The van der Waals surface area contributed by atoms with E-state index < -0.39 is 11.9 Å². The Balaban J connectivity index is 1.52. The smallest absolute Gasteiger partial charge is 0.306 e. The van der Waals surface area contributed by atoms with E-state index in [1.807, 2.05) is 34.9 Å². The van der Waals surface area contributed by atoms with E-state index in [-0.39, 0.29) is 12.2 Å². The van der Waals surface area contributed by atoms with Gasteiger partial charge in [-0.2, -0.15) is 4.98 Å². The zero-order valence-electron chi connectivity index (χ0n) is 21.5. The average Bonchev–Trinajstić information content (AvgIpc) is 3.52. The second kappa shape index (κ2) is 10.5. The SMILES string of the molecule is COc1cccc(Cn2c(-c3ccc(OCC[C@@H](C)C(=O)O)cc3Cl)nc3c(OC4(C)CC4)ncnc32)c1. The van der Waals surface area contributed by atoms with Crippen LogP contribution in [0.25, 0.3) is 22.6 Å². The van der Waals surface area contributed by atoms with E-state index in [0.717, 1.165) is 24.2 Å². The molecule has 5 rings (SSSR count). The van der Waals surface area contributed by atoms with Gasteiger partial charge in [-0.25, -0.2) is 9.97 Å². The van der Waals surface area contributed by atoms with Crippen LogP contribution in [-0.4, -0.2) is 49.9 Å². The molecule has 4 aromatic rings. The molecule has 198 valence electrons. The molecule has 0 unspecified atom stereocenters. The van der Waals surface area contributed by atoms with Crippen molar-refractivity contribution in [2.75, 3.05) is 13.7 Å². The van der Waals surface area contributed by atoms with Crippen LogP contribution >= 0.6 is 11.6 Å². The number of rotatable bonds is 11. The zero-order chi connectivity index (χ0) is 26.9. The number of methoxy groups -OCH3 is 1. The highest BCUT2D eigenvalue weighted by Gasteiger charge is 2.41. The predicted octanol–water partition coefficient (Wildman–Crippen LogP) is 5.62. The third-order valence-corrected chi connectivity index (χ3v) is 7.01. The first kappa shape index (κ1) is 25.8. The number of carboxylic acid groups (broad SMARTS) is 1. The van der Waals surface area contributed by atoms with Gasteiger partial charge in [-0.05, 0) is 62.1 Å². The summed E-state index contributed by atoms with van der Waals surface area (Å²) in [7, 11) is 1.64. The van der Waals surface area contributed by atoms with Crippen LogP contribution < -0.4 is 14.2 Å². The Morgan fingerprint density at radius 2 is 2.00 bits per heavy atom. The molecule has 0 bridgehead atoms. The molecule has 0 radical (unpaired) electrons. The summed E-state index contributed by atoms with van der Waals surface area (Å²) in [4.78, 5) is 24.9. The first-order chi connectivity index (χ1) is 18.3. The number of halogens is 1. The summed E-state index contributed by atoms with van der Waals surface area (Å²) in [6.45, 7) is 4.45. The van der Waals surface area contributed by atoms with Crippen molar-refractivity contribution in [1.29, 1.82) is 0 Å². The van der Waals surface area contributed by atoms with Crippen LogP contribution in [0.4, 0.5) is 0 Å². The number of carboxylic acids is 1. The van der Waals surface area contributed by atoms with Crippen LogP contribution in [0.2, 0.25) is 5.02 Å². The van der Waals surface area contributed by atoms with Crippen LogP contribution in [0.1, 0.15) is 38.7 Å². The van der Waals surface area contributed by atoms with Crippen molar-refractivity contribution in [1.82, 2.24) is 19.5 Å². The Labute approximate surface area is 225 Å². The van der Waals surface area contributed by atoms with E-state index in [9.17, 15) is 4.79 Å². The summed E-state index contributed by atoms with van der Waals surface area (Å²) in [6.07, 6.45) is 3.82. The number of aliphatic carboxylic acids is 1. The molecule has 0 aliphatic heterocycles. The van der Waals surface area contributed by atoms with Gasteiger partial charge in [0.25, 0.3) is 0 Å². The summed E-state index contributed by atoms with van der Waals surface area (Å²) < 4.78 is 19.4. The molecule has 0 spiro atoms. The first-order valence-corrected chi connectivity index (χ1v) is 12.8. The van der Waals surface area contributed by atoms with Gasteiger partial charge in [-0.3, -0.25) is 4.79 Å². The third kappa shape index (κ3) is 5.52. The molecule has 9 nitrogen and oxygen atoms in total. The second-order valence-electron chi connectivity index (χ2n) is 9.79. The minimum absolute atomic E-state index is 0.229. The van der Waals surface area contributed by atoms with Gasteiger partial charge < -0.3 is 23.9 Å². The Morgan fingerprint density at radius 1 is 1.18 bits per heavy atom. The average molecular weight is 537 g/mol. The second-order valence-corrected chi connectivity index (χ2v) is 10.2. The minimum Gasteiger partial charge on any atom is -0.497 e. The standard InChI is InChI=1S/C28H29ClN4O5/c1-17(27(34)35)9-12-37-20-7-8-21(22(29)14-20)24-32-23-25(30-16-31-26(23)38-28(2)10-11-28)33(24)15-18-5-4-6-19(13-18)36-3/h4-8,13-14,16-17H,9-12,15H2,1-3H3,(H,34,35)/t17-/m1/s1. The van der Waals surface area contributed by atoms with Crippen molar-refractivity contribution in [3.05, 3.63) is 59.4 Å². The Morgan fingerprint density at radius 3 is 2.71 bits per heavy atom. The summed E-state index contributed by atoms with van der Waals surface area (Å²) in [5.74, 6) is 1.04. The summed E-state index contributed by atoms with van der Waals surface area (Å²) in [6, 6.07) is 13.2. The highest BCUT2D eigenvalue weighted by molar-refractivity contribution is 6.33. The fraction of sp³-hybridized carbons (Fsp3) is 0.357. The van der Waals surface area contributed by atoms with Crippen LogP contribution in [0.15, 0.2) is 48.8 Å². The van der Waals surface area contributed by atoms with Gasteiger partial charge in [0.05, 0.1) is 31.2 Å². The molecule has 1 atom stereocenters. The first-order valence-electron chi connectivity index (χ1n) is 12.4. The van der Waals surface area contributed by atoms with Crippen LogP contribution in [0.5, 0.6) is 17.4 Å². The van der Waals surface area contributed by atoms with E-state index in [4.69, 9.17) is 35.9 Å². The molecule has 1 aliphatic carbocycles. The van der Waals surface area contributed by atoms with Crippen LogP contribution in [-0.2, 0) is 11.3 Å². The lowest BCUT2D eigenvalue weighted by Gasteiger charge is -2.13. The molecule has 2 aromatic heterocycles. The number of hydrogen-bond donors (Lipinski definition) is 1. The Hall–Kier alpha value is -3.85. The van der Waals surface area contributed by atoms with Crippen molar-refractivity contribution in [2.45, 2.75) is 45.3 Å². The monoisotopic (exact) mass is 536 g/mol. The lowest BCUT2D eigenvalue weighted by Crippen LogP contribution is -2.13. The number of fused-ring (bicyclic) bond motifs is 1. The number of aromatic nitrogens is 4. The summed E-state index contributed by atoms with van der Waals surface area (Å²) >= 11 is 6.75. The van der Waals surface area contributed by atoms with E-state index in [1.165, 1.54) is 6.33 Å². The fourth-order valence-corrected chi connectivity index (χ4v) is 4.31. The molecule has 38 heavy (non-hydrogen) atoms. The normalized spacial score (nSPS) is 14.7. The molecular formula is C28H29ClN4O5. The maximum atomic E-state index is 11.1. The lowest BCUT2D eigenvalue weighted by molar-refractivity contribution is -0.141. The van der Waals surface area contributed by atoms with E-state index >= 15 is 0 Å².